The first-order valence-corrected chi connectivity index (χ1v) is 4.42. The van der Waals surface area contributed by atoms with Gasteiger partial charge in [-0.05, 0) is 6.07 Å². The molecular formula is C10H10N2O3. The minimum absolute atomic E-state index is 0.0655. The van der Waals surface area contributed by atoms with Crippen molar-refractivity contribution in [2.45, 2.75) is 6.42 Å². The number of pyridine rings is 1. The highest BCUT2D eigenvalue weighted by molar-refractivity contribution is 5.69. The summed E-state index contributed by atoms with van der Waals surface area (Å²) in [6, 6.07) is 3.55. The lowest BCUT2D eigenvalue weighted by Crippen LogP contribution is -1.99. The molecule has 0 radical (unpaired) electrons. The summed E-state index contributed by atoms with van der Waals surface area (Å²) in [7, 11) is 1.58. The van der Waals surface area contributed by atoms with Gasteiger partial charge in [0.15, 0.2) is 0 Å². The Morgan fingerprint density at radius 3 is 3.13 bits per heavy atom. The molecule has 5 heteroatoms. The van der Waals surface area contributed by atoms with Crippen molar-refractivity contribution in [1.82, 2.24) is 9.38 Å². The second-order valence-electron chi connectivity index (χ2n) is 3.13. The number of carboxylic acid groups (broad SMARTS) is 1. The zero-order chi connectivity index (χ0) is 10.8. The van der Waals surface area contributed by atoms with E-state index in [1.54, 1.807) is 36.0 Å². The van der Waals surface area contributed by atoms with Crippen LogP contribution in [0.5, 0.6) is 5.75 Å². The summed E-state index contributed by atoms with van der Waals surface area (Å²) < 4.78 is 6.81. The second kappa shape index (κ2) is 3.61. The van der Waals surface area contributed by atoms with Crippen molar-refractivity contribution >= 4 is 11.6 Å². The van der Waals surface area contributed by atoms with Crippen LogP contribution in [0.15, 0.2) is 24.5 Å². The topological polar surface area (TPSA) is 63.8 Å². The van der Waals surface area contributed by atoms with E-state index in [4.69, 9.17) is 9.84 Å². The SMILES string of the molecule is COc1ccn2cc(CC(=O)O)nc2c1. The Kier molecular flexibility index (Phi) is 2.29. The zero-order valence-corrected chi connectivity index (χ0v) is 8.17. The number of aliphatic carboxylic acids is 1. The number of nitrogens with zero attached hydrogens (tertiary/aromatic N) is 2. The molecule has 2 rings (SSSR count). The van der Waals surface area contributed by atoms with Crippen LogP contribution in [0.25, 0.3) is 5.65 Å². The third kappa shape index (κ3) is 1.90. The molecule has 2 heterocycles. The van der Waals surface area contributed by atoms with Crippen LogP contribution in [0.2, 0.25) is 0 Å². The van der Waals surface area contributed by atoms with Gasteiger partial charge in [-0.25, -0.2) is 4.98 Å². The maximum Gasteiger partial charge on any atom is 0.309 e. The molecule has 2 aromatic rings. The molecule has 0 aliphatic rings. The Morgan fingerprint density at radius 2 is 2.47 bits per heavy atom. The van der Waals surface area contributed by atoms with E-state index in [2.05, 4.69) is 4.98 Å². The van der Waals surface area contributed by atoms with Crippen LogP contribution in [0.3, 0.4) is 0 Å². The van der Waals surface area contributed by atoms with Gasteiger partial charge >= 0.3 is 5.97 Å². The number of ether oxygens (including phenoxy) is 1. The minimum atomic E-state index is -0.884. The van der Waals surface area contributed by atoms with Gasteiger partial charge in [0, 0.05) is 18.5 Å². The van der Waals surface area contributed by atoms with Crippen molar-refractivity contribution in [3.05, 3.63) is 30.2 Å². The highest BCUT2D eigenvalue weighted by Gasteiger charge is 2.06. The first-order valence-electron chi connectivity index (χ1n) is 4.42. The Labute approximate surface area is 85.9 Å². The van der Waals surface area contributed by atoms with Gasteiger partial charge in [0.25, 0.3) is 0 Å². The van der Waals surface area contributed by atoms with Crippen molar-refractivity contribution in [3.63, 3.8) is 0 Å². The van der Waals surface area contributed by atoms with E-state index in [1.165, 1.54) is 0 Å². The lowest BCUT2D eigenvalue weighted by molar-refractivity contribution is -0.136. The first kappa shape index (κ1) is 9.51. The van der Waals surface area contributed by atoms with E-state index < -0.39 is 5.97 Å². The number of carbonyl (C=O) groups is 1. The molecule has 0 spiro atoms. The standard InChI is InChI=1S/C10H10N2O3/c1-15-8-2-3-12-6-7(4-10(13)14)11-9(12)5-8/h2-3,5-6H,4H2,1H3,(H,13,14). The third-order valence-corrected chi connectivity index (χ3v) is 2.05. The Balaban J connectivity index is 2.42. The van der Waals surface area contributed by atoms with E-state index in [0.717, 1.165) is 0 Å². The Hall–Kier alpha value is -2.04. The van der Waals surface area contributed by atoms with Gasteiger partial charge in [0.1, 0.15) is 11.4 Å². The van der Waals surface area contributed by atoms with E-state index in [-0.39, 0.29) is 6.42 Å². The molecule has 1 N–H and O–H groups in total. The maximum absolute atomic E-state index is 10.5. The summed E-state index contributed by atoms with van der Waals surface area (Å²) in [5, 5.41) is 8.62. The van der Waals surface area contributed by atoms with E-state index in [9.17, 15) is 4.79 Å². The molecule has 0 bridgehead atoms. The number of carboxylic acids is 1. The molecule has 0 unspecified atom stereocenters. The van der Waals surface area contributed by atoms with Crippen LogP contribution in [0.1, 0.15) is 5.69 Å². The van der Waals surface area contributed by atoms with Crippen LogP contribution in [-0.4, -0.2) is 27.6 Å². The van der Waals surface area contributed by atoms with Gasteiger partial charge in [-0.3, -0.25) is 4.79 Å². The quantitative estimate of drug-likeness (QED) is 0.812. The van der Waals surface area contributed by atoms with Gasteiger partial charge in [-0.15, -0.1) is 0 Å². The normalized spacial score (nSPS) is 10.5. The summed E-state index contributed by atoms with van der Waals surface area (Å²) in [6.07, 6.45) is 3.42. The molecule has 0 aromatic carbocycles. The lowest BCUT2D eigenvalue weighted by atomic mass is 10.3. The summed E-state index contributed by atoms with van der Waals surface area (Å²) in [5.74, 6) is -0.180. The van der Waals surface area contributed by atoms with Gasteiger partial charge in [0.05, 0.1) is 19.2 Å². The smallest absolute Gasteiger partial charge is 0.309 e. The third-order valence-electron chi connectivity index (χ3n) is 2.05. The van der Waals surface area contributed by atoms with Crippen molar-refractivity contribution in [2.24, 2.45) is 0 Å². The molecule has 78 valence electrons. The number of methoxy groups -OCH3 is 1. The molecule has 0 amide bonds. The fraction of sp³-hybridized carbons (Fsp3) is 0.200. The summed E-state index contributed by atoms with van der Waals surface area (Å²) in [5.41, 5.74) is 1.22. The molecule has 0 aliphatic carbocycles. The van der Waals surface area contributed by atoms with Gasteiger partial charge in [0.2, 0.25) is 0 Å². The van der Waals surface area contributed by atoms with Crippen molar-refractivity contribution in [2.75, 3.05) is 7.11 Å². The van der Waals surface area contributed by atoms with E-state index in [1.807, 2.05) is 0 Å². The molecule has 5 nitrogen and oxygen atoms in total. The van der Waals surface area contributed by atoms with Crippen molar-refractivity contribution in [1.29, 1.82) is 0 Å². The van der Waals surface area contributed by atoms with Gasteiger partial charge in [-0.2, -0.15) is 0 Å². The van der Waals surface area contributed by atoms with Crippen LogP contribution < -0.4 is 4.74 Å². The molecule has 0 aliphatic heterocycles. The zero-order valence-electron chi connectivity index (χ0n) is 8.17. The average molecular weight is 206 g/mol. The van der Waals surface area contributed by atoms with Gasteiger partial charge < -0.3 is 14.2 Å². The maximum atomic E-state index is 10.5. The fourth-order valence-corrected chi connectivity index (χ4v) is 1.38. The molecule has 15 heavy (non-hydrogen) atoms. The predicted octanol–water partition coefficient (Wildman–Crippen LogP) is 0.970. The molecule has 0 saturated carbocycles. The Bertz CT molecular complexity index is 504. The van der Waals surface area contributed by atoms with Crippen LogP contribution >= 0.6 is 0 Å². The van der Waals surface area contributed by atoms with E-state index in [0.29, 0.717) is 17.1 Å². The average Bonchev–Trinajstić information content (AvgIpc) is 2.57. The van der Waals surface area contributed by atoms with Crippen molar-refractivity contribution in [3.8, 4) is 5.75 Å². The van der Waals surface area contributed by atoms with Crippen molar-refractivity contribution < 1.29 is 14.6 Å². The number of imidazole rings is 1. The van der Waals surface area contributed by atoms with E-state index >= 15 is 0 Å². The number of rotatable bonds is 3. The number of hydrogen-bond acceptors (Lipinski definition) is 3. The molecular weight excluding hydrogens is 196 g/mol. The summed E-state index contributed by atoms with van der Waals surface area (Å²) >= 11 is 0. The van der Waals surface area contributed by atoms with Gasteiger partial charge in [-0.1, -0.05) is 0 Å². The lowest BCUT2D eigenvalue weighted by Gasteiger charge is -1.98. The summed E-state index contributed by atoms with van der Waals surface area (Å²) in [6.45, 7) is 0. The second-order valence-corrected chi connectivity index (χ2v) is 3.13. The monoisotopic (exact) mass is 206 g/mol. The summed E-state index contributed by atoms with van der Waals surface area (Å²) in [4.78, 5) is 14.7. The number of hydrogen-bond donors (Lipinski definition) is 1. The number of fused-ring (bicyclic) bond motifs is 1. The van der Waals surface area contributed by atoms with Crippen LogP contribution in [0, 0.1) is 0 Å². The highest BCUT2D eigenvalue weighted by Crippen LogP contribution is 2.14. The molecule has 0 atom stereocenters. The molecule has 2 aromatic heterocycles. The first-order chi connectivity index (χ1) is 7.19. The predicted molar refractivity (Wildman–Crippen MR) is 53.1 cm³/mol. The molecule has 0 fully saturated rings. The van der Waals surface area contributed by atoms with Crippen LogP contribution in [-0.2, 0) is 11.2 Å². The largest absolute Gasteiger partial charge is 0.497 e. The van der Waals surface area contributed by atoms with Crippen LogP contribution in [0.4, 0.5) is 0 Å². The Morgan fingerprint density at radius 1 is 1.67 bits per heavy atom. The number of aromatic nitrogens is 2. The highest BCUT2D eigenvalue weighted by atomic mass is 16.5. The minimum Gasteiger partial charge on any atom is -0.497 e. The molecule has 0 saturated heterocycles. The fourth-order valence-electron chi connectivity index (χ4n) is 1.38.